The number of aryl methyl sites for hydroxylation is 1. The highest BCUT2D eigenvalue weighted by Crippen LogP contribution is 2.52. The number of furan rings is 2. The molecule has 0 saturated heterocycles. The summed E-state index contributed by atoms with van der Waals surface area (Å²) in [6, 6.07) is 47.6. The highest BCUT2D eigenvalue weighted by molar-refractivity contribution is 6.30. The van der Waals surface area contributed by atoms with Crippen molar-refractivity contribution >= 4 is 106 Å². The molecule has 6 nitrogen and oxygen atoms in total. The molecule has 0 aliphatic rings. The smallest absolute Gasteiger partial charge is 0.159 e. The minimum atomic E-state index is 0.227. The van der Waals surface area contributed by atoms with Crippen LogP contribution in [-0.4, -0.2) is 9.97 Å². The van der Waals surface area contributed by atoms with E-state index < -0.39 is 0 Å². The molecule has 4 aromatic heterocycles. The third-order valence-electron chi connectivity index (χ3n) is 12.7. The van der Waals surface area contributed by atoms with E-state index in [-0.39, 0.29) is 11.8 Å². The molecule has 0 saturated carbocycles. The third kappa shape index (κ3) is 6.07. The van der Waals surface area contributed by atoms with Crippen LogP contribution < -0.4 is 9.80 Å². The molecule has 7 aromatic carbocycles. The summed E-state index contributed by atoms with van der Waals surface area (Å²) in [6.07, 6.45) is 9.08. The Hall–Kier alpha value is -7.44. The number of pyridine rings is 2. The van der Waals surface area contributed by atoms with Gasteiger partial charge in [-0.15, -0.1) is 0 Å². The number of nitrogens with zero attached hydrogens (tertiary/aromatic N) is 4. The van der Waals surface area contributed by atoms with Gasteiger partial charge in [-0.1, -0.05) is 126 Å². The lowest BCUT2D eigenvalue weighted by Gasteiger charge is -2.30. The van der Waals surface area contributed by atoms with Crippen LogP contribution in [0, 0.1) is 6.92 Å². The van der Waals surface area contributed by atoms with Crippen molar-refractivity contribution in [1.29, 1.82) is 0 Å². The minimum absolute atomic E-state index is 0.227. The number of hydrogen-bond acceptors (Lipinski definition) is 6. The van der Waals surface area contributed by atoms with Crippen molar-refractivity contribution in [2.75, 3.05) is 9.80 Å². The normalized spacial score (nSPS) is 12.3. The molecule has 4 heterocycles. The van der Waals surface area contributed by atoms with Crippen LogP contribution in [0.15, 0.2) is 161 Å². The van der Waals surface area contributed by atoms with Crippen molar-refractivity contribution in [3.05, 3.63) is 174 Å². The molecule has 6 heteroatoms. The molecule has 0 aliphatic carbocycles. The Bertz CT molecular complexity index is 3530. The fourth-order valence-corrected chi connectivity index (χ4v) is 9.83. The van der Waals surface area contributed by atoms with Crippen molar-refractivity contribution in [2.45, 2.75) is 59.8 Å². The first-order valence-electron chi connectivity index (χ1n) is 22.1. The van der Waals surface area contributed by atoms with Crippen LogP contribution in [0.2, 0.25) is 0 Å². The van der Waals surface area contributed by atoms with E-state index in [1.54, 1.807) is 0 Å². The summed E-state index contributed by atoms with van der Waals surface area (Å²) >= 11 is 0. The molecule has 63 heavy (non-hydrogen) atoms. The first-order valence-corrected chi connectivity index (χ1v) is 22.1. The lowest BCUT2D eigenvalue weighted by atomic mass is 9.84. The van der Waals surface area contributed by atoms with Crippen molar-refractivity contribution in [3.63, 3.8) is 0 Å². The molecule has 0 aliphatic heterocycles. The highest BCUT2D eigenvalue weighted by atomic mass is 16.3. The van der Waals surface area contributed by atoms with E-state index >= 15 is 0 Å². The van der Waals surface area contributed by atoms with Crippen LogP contribution in [0.25, 0.3) is 71.3 Å². The number of fused-ring (bicyclic) bond motifs is 4. The Balaban J connectivity index is 1.26. The van der Waals surface area contributed by atoms with E-state index in [0.717, 1.165) is 95.8 Å². The van der Waals surface area contributed by atoms with Gasteiger partial charge in [0.15, 0.2) is 11.2 Å². The molecule has 0 fully saturated rings. The van der Waals surface area contributed by atoms with E-state index in [1.807, 2.05) is 36.7 Å². The monoisotopic (exact) mass is 820 g/mol. The zero-order valence-corrected chi connectivity index (χ0v) is 36.5. The lowest BCUT2D eigenvalue weighted by Crippen LogP contribution is -2.14. The Morgan fingerprint density at radius 3 is 1.56 bits per heavy atom. The first-order chi connectivity index (χ1) is 30.8. The average Bonchev–Trinajstić information content (AvgIpc) is 3.86. The standard InChI is InChI=1S/C57H48N4O2/c1-7-8-17-37-36(6)62-56-41(37)19-15-21-47(56)60(52-24-11-13-30-58-52)49-32-45(34(2)3)39-27-29-44-50(33-46(35(4)5)40-26-28-43(49)54(39)55(40)44)61(53-25-12-14-31-59-53)48-22-16-20-42-38-18-9-10-23-51(38)63-57(42)48/h8-35H,7H2,1-6H3/b17-8-. The van der Waals surface area contributed by atoms with Crippen molar-refractivity contribution in [3.8, 4) is 0 Å². The lowest BCUT2D eigenvalue weighted by molar-refractivity contribution is 0.578. The van der Waals surface area contributed by atoms with E-state index in [1.165, 1.54) is 32.7 Å². The van der Waals surface area contributed by atoms with Gasteiger partial charge in [0.25, 0.3) is 0 Å². The van der Waals surface area contributed by atoms with Crippen LogP contribution >= 0.6 is 0 Å². The number of benzene rings is 7. The van der Waals surface area contributed by atoms with Gasteiger partial charge in [0.1, 0.15) is 23.0 Å². The maximum atomic E-state index is 6.74. The molecule has 0 N–H and O–H groups in total. The van der Waals surface area contributed by atoms with E-state index in [2.05, 4.69) is 173 Å². The summed E-state index contributed by atoms with van der Waals surface area (Å²) in [7, 11) is 0. The van der Waals surface area contributed by atoms with Gasteiger partial charge in [0.2, 0.25) is 0 Å². The predicted octanol–water partition coefficient (Wildman–Crippen LogP) is 16.9. The maximum Gasteiger partial charge on any atom is 0.159 e. The average molecular weight is 821 g/mol. The number of allylic oxidation sites excluding steroid dienone is 1. The van der Waals surface area contributed by atoms with Crippen LogP contribution in [0.3, 0.4) is 0 Å². The molecule has 0 amide bonds. The number of aromatic nitrogens is 2. The predicted molar refractivity (Wildman–Crippen MR) is 264 cm³/mol. The molecule has 0 atom stereocenters. The summed E-state index contributed by atoms with van der Waals surface area (Å²) < 4.78 is 13.5. The molecule has 11 aromatic rings. The van der Waals surface area contributed by atoms with Gasteiger partial charge in [-0.25, -0.2) is 9.97 Å². The molecular formula is C57H48N4O2. The second kappa shape index (κ2) is 15.2. The molecule has 0 radical (unpaired) electrons. The zero-order chi connectivity index (χ0) is 42.9. The highest BCUT2D eigenvalue weighted by Gasteiger charge is 2.29. The number of rotatable bonds is 10. The SMILES string of the molecule is CC/C=C\c1c(C)oc2c(N(c3ccccn3)c3cc(C(C)C)c4ccc5c(N(c6ccccn6)c6cccc7c6oc6ccccc67)cc(C(C)C)c6ccc3c4c65)cccc12. The summed E-state index contributed by atoms with van der Waals surface area (Å²) in [6.45, 7) is 13.4. The Morgan fingerprint density at radius 1 is 0.508 bits per heavy atom. The van der Waals surface area contributed by atoms with E-state index in [9.17, 15) is 0 Å². The van der Waals surface area contributed by atoms with Gasteiger partial charge >= 0.3 is 0 Å². The number of anilines is 6. The van der Waals surface area contributed by atoms with Gasteiger partial charge in [-0.2, -0.15) is 0 Å². The second-order valence-electron chi connectivity index (χ2n) is 17.2. The van der Waals surface area contributed by atoms with E-state index in [0.29, 0.717) is 0 Å². The molecule has 308 valence electrons. The summed E-state index contributed by atoms with van der Waals surface area (Å²) in [5.74, 6) is 2.98. The quantitative estimate of drug-likeness (QED) is 0.128. The van der Waals surface area contributed by atoms with Gasteiger partial charge < -0.3 is 8.83 Å². The second-order valence-corrected chi connectivity index (χ2v) is 17.2. The van der Waals surface area contributed by atoms with Gasteiger partial charge in [-0.05, 0) is 112 Å². The minimum Gasteiger partial charge on any atom is -0.459 e. The van der Waals surface area contributed by atoms with Crippen LogP contribution in [0.4, 0.5) is 34.4 Å². The molecule has 0 bridgehead atoms. The van der Waals surface area contributed by atoms with Gasteiger partial charge in [0.05, 0.1) is 22.7 Å². The van der Waals surface area contributed by atoms with Crippen molar-refractivity contribution in [2.24, 2.45) is 0 Å². The van der Waals surface area contributed by atoms with Gasteiger partial charge in [-0.3, -0.25) is 9.80 Å². The summed E-state index contributed by atoms with van der Waals surface area (Å²) in [4.78, 5) is 14.7. The molecular weight excluding hydrogens is 773 g/mol. The Morgan fingerprint density at radius 2 is 1.02 bits per heavy atom. The molecule has 0 spiro atoms. The largest absolute Gasteiger partial charge is 0.459 e. The summed E-state index contributed by atoms with van der Waals surface area (Å²) in [5, 5.41) is 10.5. The summed E-state index contributed by atoms with van der Waals surface area (Å²) in [5.41, 5.74) is 10.2. The van der Waals surface area contributed by atoms with Crippen LogP contribution in [-0.2, 0) is 0 Å². The first kappa shape index (κ1) is 38.5. The topological polar surface area (TPSA) is 58.5 Å². The van der Waals surface area contributed by atoms with Crippen LogP contribution in [0.1, 0.15) is 75.3 Å². The van der Waals surface area contributed by atoms with Crippen molar-refractivity contribution in [1.82, 2.24) is 9.97 Å². The Labute approximate surface area is 367 Å². The Kier molecular flexibility index (Phi) is 9.27. The fraction of sp³-hybridized carbons (Fsp3) is 0.158. The molecule has 0 unspecified atom stereocenters. The number of hydrogen-bond donors (Lipinski definition) is 0. The van der Waals surface area contributed by atoms with Gasteiger partial charge in [0, 0.05) is 44.9 Å². The maximum absolute atomic E-state index is 6.74. The fourth-order valence-electron chi connectivity index (χ4n) is 9.83. The zero-order valence-electron chi connectivity index (χ0n) is 36.5. The number of para-hydroxylation sites is 3. The van der Waals surface area contributed by atoms with Crippen LogP contribution in [0.5, 0.6) is 0 Å². The molecule has 11 rings (SSSR count). The third-order valence-corrected chi connectivity index (χ3v) is 12.7. The van der Waals surface area contributed by atoms with Crippen molar-refractivity contribution < 1.29 is 8.83 Å². The van der Waals surface area contributed by atoms with E-state index in [4.69, 9.17) is 18.8 Å².